The molecule has 6 nitrogen and oxygen atoms in total. The predicted octanol–water partition coefficient (Wildman–Crippen LogP) is 4.32. The average molecular weight is 512 g/mol. The van der Waals surface area contributed by atoms with Gasteiger partial charge in [0.15, 0.2) is 5.96 Å². The van der Waals surface area contributed by atoms with Gasteiger partial charge in [-0.15, -0.1) is 24.0 Å². The number of aromatic nitrogens is 1. The van der Waals surface area contributed by atoms with Gasteiger partial charge >= 0.3 is 0 Å². The molecule has 1 unspecified atom stereocenters. The monoisotopic (exact) mass is 512 g/mol. The Hall–Kier alpha value is -1.87. The summed E-state index contributed by atoms with van der Waals surface area (Å²) in [5.41, 5.74) is 2.27. The van der Waals surface area contributed by atoms with Gasteiger partial charge in [0.1, 0.15) is 0 Å². The number of hydrogen-bond donors (Lipinski definition) is 2. The van der Waals surface area contributed by atoms with Crippen molar-refractivity contribution in [1.82, 2.24) is 15.6 Å². The van der Waals surface area contributed by atoms with Crippen LogP contribution in [0.25, 0.3) is 0 Å². The molecule has 0 aliphatic rings. The van der Waals surface area contributed by atoms with Crippen LogP contribution in [0.15, 0.2) is 53.7 Å². The summed E-state index contributed by atoms with van der Waals surface area (Å²) in [5, 5.41) is 6.59. The zero-order valence-electron chi connectivity index (χ0n) is 17.7. The second-order valence-electron chi connectivity index (χ2n) is 6.80. The molecular weight excluding hydrogens is 479 g/mol. The molecule has 1 heterocycles. The lowest BCUT2D eigenvalue weighted by molar-refractivity contribution is 0.0646. The lowest BCUT2D eigenvalue weighted by atomic mass is 10.1. The van der Waals surface area contributed by atoms with Crippen molar-refractivity contribution in [2.24, 2.45) is 4.99 Å². The molecule has 0 saturated heterocycles. The number of guanidine groups is 1. The number of ether oxygens (including phenoxy) is 2. The van der Waals surface area contributed by atoms with Gasteiger partial charge in [-0.05, 0) is 38.3 Å². The Labute approximate surface area is 191 Å². The van der Waals surface area contributed by atoms with Crippen molar-refractivity contribution in [1.29, 1.82) is 0 Å². The van der Waals surface area contributed by atoms with Crippen molar-refractivity contribution < 1.29 is 9.47 Å². The van der Waals surface area contributed by atoms with Crippen LogP contribution in [0.1, 0.15) is 44.4 Å². The summed E-state index contributed by atoms with van der Waals surface area (Å²) >= 11 is 0. The molecule has 160 valence electrons. The van der Waals surface area contributed by atoms with Crippen molar-refractivity contribution in [3.05, 3.63) is 59.8 Å². The molecule has 2 rings (SSSR count). The fraction of sp³-hybridized carbons (Fsp3) is 0.455. The number of benzene rings is 1. The summed E-state index contributed by atoms with van der Waals surface area (Å²) in [4.78, 5) is 8.56. The minimum Gasteiger partial charge on any atom is -0.475 e. The molecule has 29 heavy (non-hydrogen) atoms. The fourth-order valence-corrected chi connectivity index (χ4v) is 2.59. The number of hydrogen-bond acceptors (Lipinski definition) is 4. The third-order valence-electron chi connectivity index (χ3n) is 4.09. The Morgan fingerprint density at radius 3 is 2.45 bits per heavy atom. The molecule has 0 aliphatic heterocycles. The molecule has 0 amide bonds. The fourth-order valence-electron chi connectivity index (χ4n) is 2.59. The van der Waals surface area contributed by atoms with Crippen LogP contribution in [0.2, 0.25) is 0 Å². The predicted molar refractivity (Wildman–Crippen MR) is 129 cm³/mol. The zero-order chi connectivity index (χ0) is 20.2. The quantitative estimate of drug-likeness (QED) is 0.215. The first-order valence-electron chi connectivity index (χ1n) is 9.81. The second kappa shape index (κ2) is 14.2. The van der Waals surface area contributed by atoms with Gasteiger partial charge in [-0.1, -0.05) is 36.4 Å². The summed E-state index contributed by atoms with van der Waals surface area (Å²) in [6, 6.07) is 14.2. The van der Waals surface area contributed by atoms with E-state index in [1.807, 2.05) is 50.4 Å². The van der Waals surface area contributed by atoms with E-state index in [1.165, 1.54) is 5.56 Å². The lowest BCUT2D eigenvalue weighted by Crippen LogP contribution is -2.37. The Balaban J connectivity index is 0.00000420. The highest BCUT2D eigenvalue weighted by atomic mass is 127. The molecule has 1 aromatic heterocycles. The van der Waals surface area contributed by atoms with Crippen LogP contribution in [-0.4, -0.2) is 37.2 Å². The molecular formula is C22H33IN4O2. The van der Waals surface area contributed by atoms with Crippen LogP contribution in [0.4, 0.5) is 0 Å². The standard InChI is InChI=1S/C22H32N4O2.HI/c1-17(2)28-21-12-11-19(15-25-21)16-26-22(23-4)24-13-8-14-27-18(3)20-9-6-5-7-10-20;/h5-7,9-12,15,17-18H,8,13-14,16H2,1-4H3,(H2,23,24,26);1H. The largest absolute Gasteiger partial charge is 0.475 e. The van der Waals surface area contributed by atoms with Crippen LogP contribution < -0.4 is 15.4 Å². The number of nitrogens with zero attached hydrogens (tertiary/aromatic N) is 2. The number of pyridine rings is 1. The number of aliphatic imine (C=N–C) groups is 1. The van der Waals surface area contributed by atoms with Crippen LogP contribution in [0.5, 0.6) is 5.88 Å². The van der Waals surface area contributed by atoms with E-state index < -0.39 is 0 Å². The van der Waals surface area contributed by atoms with E-state index in [1.54, 1.807) is 7.05 Å². The minimum atomic E-state index is 0. The third kappa shape index (κ3) is 9.94. The van der Waals surface area contributed by atoms with Crippen LogP contribution in [-0.2, 0) is 11.3 Å². The van der Waals surface area contributed by atoms with Gasteiger partial charge in [0, 0.05) is 39.0 Å². The van der Waals surface area contributed by atoms with Crippen LogP contribution in [0.3, 0.4) is 0 Å². The normalized spacial score (nSPS) is 12.2. The maximum atomic E-state index is 5.89. The molecule has 0 fully saturated rings. The van der Waals surface area contributed by atoms with E-state index in [0.29, 0.717) is 19.0 Å². The summed E-state index contributed by atoms with van der Waals surface area (Å²) in [5.74, 6) is 1.41. The van der Waals surface area contributed by atoms with Crippen LogP contribution >= 0.6 is 24.0 Å². The maximum absolute atomic E-state index is 5.89. The van der Waals surface area contributed by atoms with Crippen LogP contribution in [0, 0.1) is 0 Å². The smallest absolute Gasteiger partial charge is 0.213 e. The average Bonchev–Trinajstić information content (AvgIpc) is 2.71. The Kier molecular flexibility index (Phi) is 12.3. The number of nitrogens with one attached hydrogen (secondary N) is 2. The first-order chi connectivity index (χ1) is 13.6. The molecule has 0 spiro atoms. The third-order valence-corrected chi connectivity index (χ3v) is 4.09. The highest BCUT2D eigenvalue weighted by Crippen LogP contribution is 2.15. The highest BCUT2D eigenvalue weighted by Gasteiger charge is 2.05. The van der Waals surface area contributed by atoms with Gasteiger partial charge in [-0.25, -0.2) is 4.98 Å². The van der Waals surface area contributed by atoms with E-state index >= 15 is 0 Å². The molecule has 0 saturated carbocycles. The van der Waals surface area contributed by atoms with E-state index in [0.717, 1.165) is 24.5 Å². The molecule has 2 aromatic rings. The molecule has 1 atom stereocenters. The van der Waals surface area contributed by atoms with Crippen molar-refractivity contribution >= 4 is 29.9 Å². The summed E-state index contributed by atoms with van der Waals surface area (Å²) in [7, 11) is 1.77. The number of rotatable bonds is 10. The van der Waals surface area contributed by atoms with Gasteiger partial charge in [0.05, 0.1) is 12.2 Å². The van der Waals surface area contributed by atoms with E-state index in [4.69, 9.17) is 9.47 Å². The Morgan fingerprint density at radius 2 is 1.83 bits per heavy atom. The summed E-state index contributed by atoms with van der Waals surface area (Å²) in [6.45, 7) is 8.19. The molecule has 0 radical (unpaired) electrons. The highest BCUT2D eigenvalue weighted by molar-refractivity contribution is 14.0. The maximum Gasteiger partial charge on any atom is 0.213 e. The van der Waals surface area contributed by atoms with Gasteiger partial charge in [0.25, 0.3) is 0 Å². The van der Waals surface area contributed by atoms with E-state index in [2.05, 4.69) is 39.7 Å². The van der Waals surface area contributed by atoms with E-state index in [-0.39, 0.29) is 36.2 Å². The minimum absolute atomic E-state index is 0. The van der Waals surface area contributed by atoms with Crippen molar-refractivity contribution in [3.63, 3.8) is 0 Å². The van der Waals surface area contributed by atoms with Crippen molar-refractivity contribution in [2.45, 2.75) is 45.9 Å². The first-order valence-corrected chi connectivity index (χ1v) is 9.81. The van der Waals surface area contributed by atoms with Crippen molar-refractivity contribution in [3.8, 4) is 5.88 Å². The molecule has 7 heteroatoms. The Bertz CT molecular complexity index is 709. The lowest BCUT2D eigenvalue weighted by Gasteiger charge is -2.15. The van der Waals surface area contributed by atoms with Gasteiger partial charge in [0.2, 0.25) is 5.88 Å². The second-order valence-corrected chi connectivity index (χ2v) is 6.80. The SMILES string of the molecule is CN=C(NCCCOC(C)c1ccccc1)NCc1ccc(OC(C)C)nc1.I. The molecule has 2 N–H and O–H groups in total. The summed E-state index contributed by atoms with van der Waals surface area (Å²) in [6.07, 6.45) is 2.95. The summed E-state index contributed by atoms with van der Waals surface area (Å²) < 4.78 is 11.4. The Morgan fingerprint density at radius 1 is 1.07 bits per heavy atom. The van der Waals surface area contributed by atoms with Gasteiger partial charge in [-0.2, -0.15) is 0 Å². The molecule has 0 aliphatic carbocycles. The van der Waals surface area contributed by atoms with Gasteiger partial charge < -0.3 is 20.1 Å². The van der Waals surface area contributed by atoms with E-state index in [9.17, 15) is 0 Å². The van der Waals surface area contributed by atoms with Gasteiger partial charge in [-0.3, -0.25) is 4.99 Å². The first kappa shape index (κ1) is 25.2. The number of halogens is 1. The molecule has 0 bridgehead atoms. The topological polar surface area (TPSA) is 67.8 Å². The molecule has 1 aromatic carbocycles. The zero-order valence-corrected chi connectivity index (χ0v) is 20.1. The van der Waals surface area contributed by atoms with Crippen molar-refractivity contribution in [2.75, 3.05) is 20.2 Å².